The quantitative estimate of drug-likeness (QED) is 0.235. The zero-order valence-corrected chi connectivity index (χ0v) is 19.5. The van der Waals surface area contributed by atoms with Crippen LogP contribution in [0.25, 0.3) is 5.76 Å². The Labute approximate surface area is 199 Å². The van der Waals surface area contributed by atoms with Gasteiger partial charge in [0.1, 0.15) is 17.3 Å². The molecular formula is C25H21FN2O5S. The van der Waals surface area contributed by atoms with Gasteiger partial charge in [0.15, 0.2) is 10.9 Å². The number of aromatic nitrogens is 1. The van der Waals surface area contributed by atoms with Crippen molar-refractivity contribution in [1.82, 2.24) is 4.98 Å². The highest BCUT2D eigenvalue weighted by atomic mass is 32.1. The summed E-state index contributed by atoms with van der Waals surface area (Å²) in [4.78, 5) is 44.3. The number of carbonyl (C=O) groups excluding carboxylic acids is 3. The summed E-state index contributed by atoms with van der Waals surface area (Å²) in [6.45, 7) is 5.29. The third kappa shape index (κ3) is 4.10. The van der Waals surface area contributed by atoms with E-state index in [1.807, 2.05) is 6.92 Å². The number of rotatable bonds is 6. The number of carbonyl (C=O) groups is 3. The number of amides is 1. The van der Waals surface area contributed by atoms with Gasteiger partial charge in [-0.3, -0.25) is 19.3 Å². The van der Waals surface area contributed by atoms with Gasteiger partial charge < -0.3 is 9.84 Å². The average molecular weight is 481 g/mol. The van der Waals surface area contributed by atoms with Crippen LogP contribution in [0.2, 0.25) is 0 Å². The molecular weight excluding hydrogens is 459 g/mol. The second kappa shape index (κ2) is 9.18. The molecule has 1 aliphatic heterocycles. The molecule has 0 saturated carbocycles. The highest BCUT2D eigenvalue weighted by Crippen LogP contribution is 2.44. The lowest BCUT2D eigenvalue weighted by atomic mass is 9.95. The van der Waals surface area contributed by atoms with E-state index in [0.717, 1.165) is 23.5 Å². The molecule has 1 atom stereocenters. The highest BCUT2D eigenvalue weighted by molar-refractivity contribution is 7.18. The van der Waals surface area contributed by atoms with Crippen LogP contribution in [0.3, 0.4) is 0 Å². The molecule has 2 aromatic carbocycles. The van der Waals surface area contributed by atoms with Gasteiger partial charge in [0, 0.05) is 12.5 Å². The molecule has 0 bridgehead atoms. The summed E-state index contributed by atoms with van der Waals surface area (Å²) in [6, 6.07) is 10.8. The van der Waals surface area contributed by atoms with Crippen molar-refractivity contribution < 1.29 is 28.6 Å². The van der Waals surface area contributed by atoms with Gasteiger partial charge in [0.25, 0.3) is 5.78 Å². The highest BCUT2D eigenvalue weighted by Gasteiger charge is 2.48. The Bertz CT molecular complexity index is 1330. The summed E-state index contributed by atoms with van der Waals surface area (Å²) in [5.41, 5.74) is 0.966. The molecule has 1 amide bonds. The fraction of sp³-hybridized carbons (Fsp3) is 0.200. The van der Waals surface area contributed by atoms with E-state index in [9.17, 15) is 23.9 Å². The number of hydrogen-bond donors (Lipinski definition) is 1. The van der Waals surface area contributed by atoms with Crippen LogP contribution in [0.5, 0.6) is 5.75 Å². The molecule has 0 aliphatic carbocycles. The Balaban J connectivity index is 1.95. The largest absolute Gasteiger partial charge is 0.507 e. The molecule has 0 spiro atoms. The Hall–Kier alpha value is -3.85. The number of benzene rings is 2. The van der Waals surface area contributed by atoms with E-state index < -0.39 is 29.3 Å². The molecule has 1 saturated heterocycles. The van der Waals surface area contributed by atoms with E-state index in [1.165, 1.54) is 24.0 Å². The maximum atomic E-state index is 13.4. The van der Waals surface area contributed by atoms with Gasteiger partial charge in [-0.15, -0.1) is 0 Å². The molecule has 1 fully saturated rings. The summed E-state index contributed by atoms with van der Waals surface area (Å²) >= 11 is 1.00. The smallest absolute Gasteiger partial charge is 0.301 e. The van der Waals surface area contributed by atoms with Crippen molar-refractivity contribution in [2.45, 2.75) is 26.8 Å². The predicted molar refractivity (Wildman–Crippen MR) is 126 cm³/mol. The molecule has 3 aromatic rings. The second-order valence-corrected chi connectivity index (χ2v) is 8.63. The van der Waals surface area contributed by atoms with Gasteiger partial charge in [0.05, 0.1) is 28.8 Å². The normalized spacial score (nSPS) is 17.3. The maximum Gasteiger partial charge on any atom is 0.301 e. The molecule has 174 valence electrons. The molecule has 1 N–H and O–H groups in total. The number of aryl methyl sites for hydroxylation is 1. The van der Waals surface area contributed by atoms with Crippen molar-refractivity contribution in [2.75, 3.05) is 11.5 Å². The maximum absolute atomic E-state index is 13.4. The monoisotopic (exact) mass is 480 g/mol. The van der Waals surface area contributed by atoms with E-state index in [0.29, 0.717) is 28.5 Å². The molecule has 4 rings (SSSR count). The minimum Gasteiger partial charge on any atom is -0.507 e. The standard InChI is InChI=1S/C25H21FN2O5S/c1-4-33-18-7-5-6-16(12-18)20-19(21(30)15-8-10-17(26)11-9-15)22(31)24(32)28(20)25-27-13(2)23(34-25)14(3)29/h5-12,20,30H,4H2,1-3H3/b21-19+. The minimum atomic E-state index is -1.03. The van der Waals surface area contributed by atoms with Crippen LogP contribution in [0, 0.1) is 12.7 Å². The summed E-state index contributed by atoms with van der Waals surface area (Å²) in [5.74, 6) is -2.43. The first-order valence-corrected chi connectivity index (χ1v) is 11.3. The van der Waals surface area contributed by atoms with Gasteiger partial charge >= 0.3 is 5.91 Å². The van der Waals surface area contributed by atoms with E-state index in [2.05, 4.69) is 4.98 Å². The van der Waals surface area contributed by atoms with Crippen molar-refractivity contribution in [3.63, 3.8) is 0 Å². The summed E-state index contributed by atoms with van der Waals surface area (Å²) in [5, 5.41) is 11.2. The van der Waals surface area contributed by atoms with Crippen LogP contribution in [0.15, 0.2) is 54.1 Å². The lowest BCUT2D eigenvalue weighted by Gasteiger charge is -2.23. The molecule has 0 radical (unpaired) electrons. The number of hydrogen-bond acceptors (Lipinski definition) is 7. The third-order valence-electron chi connectivity index (χ3n) is 5.36. The number of thiazole rings is 1. The number of halogens is 1. The Morgan fingerprint density at radius 3 is 2.53 bits per heavy atom. The van der Waals surface area contributed by atoms with Crippen LogP contribution < -0.4 is 9.64 Å². The number of nitrogens with zero attached hydrogens (tertiary/aromatic N) is 2. The first-order chi connectivity index (χ1) is 16.2. The summed E-state index contributed by atoms with van der Waals surface area (Å²) < 4.78 is 19.0. The number of aliphatic hydroxyl groups excluding tert-OH is 1. The van der Waals surface area contributed by atoms with Crippen LogP contribution >= 0.6 is 11.3 Å². The molecule has 2 heterocycles. The second-order valence-electron chi connectivity index (χ2n) is 7.65. The summed E-state index contributed by atoms with van der Waals surface area (Å²) in [7, 11) is 0. The zero-order valence-electron chi connectivity index (χ0n) is 18.7. The number of aliphatic hydroxyl groups is 1. The SMILES string of the molecule is CCOc1cccc(C2/C(=C(\O)c3ccc(F)cc3)C(=O)C(=O)N2c2nc(C)c(C(C)=O)s2)c1. The van der Waals surface area contributed by atoms with Crippen LogP contribution in [0.4, 0.5) is 9.52 Å². The molecule has 1 unspecified atom stereocenters. The van der Waals surface area contributed by atoms with Crippen LogP contribution in [-0.2, 0) is 9.59 Å². The molecule has 1 aromatic heterocycles. The Morgan fingerprint density at radius 1 is 1.21 bits per heavy atom. The number of ketones is 2. The predicted octanol–water partition coefficient (Wildman–Crippen LogP) is 4.82. The molecule has 9 heteroatoms. The van der Waals surface area contributed by atoms with Gasteiger partial charge in [-0.2, -0.15) is 0 Å². The lowest BCUT2D eigenvalue weighted by molar-refractivity contribution is -0.132. The van der Waals surface area contributed by atoms with Gasteiger partial charge in [-0.1, -0.05) is 23.5 Å². The lowest BCUT2D eigenvalue weighted by Crippen LogP contribution is -2.29. The van der Waals surface area contributed by atoms with Crippen molar-refractivity contribution in [1.29, 1.82) is 0 Å². The van der Waals surface area contributed by atoms with Crippen LogP contribution in [-0.4, -0.2) is 34.2 Å². The Morgan fingerprint density at radius 2 is 1.91 bits per heavy atom. The fourth-order valence-electron chi connectivity index (χ4n) is 3.86. The number of Topliss-reactive ketones (excluding diaryl/α,β-unsaturated/α-hetero) is 2. The average Bonchev–Trinajstić information content (AvgIpc) is 3.31. The zero-order chi connectivity index (χ0) is 24.6. The third-order valence-corrected chi connectivity index (χ3v) is 6.62. The first-order valence-electron chi connectivity index (χ1n) is 10.5. The summed E-state index contributed by atoms with van der Waals surface area (Å²) in [6.07, 6.45) is 0. The van der Waals surface area contributed by atoms with E-state index in [1.54, 1.807) is 31.2 Å². The minimum absolute atomic E-state index is 0.162. The first kappa shape index (κ1) is 23.3. The van der Waals surface area contributed by atoms with Crippen molar-refractivity contribution in [2.24, 2.45) is 0 Å². The number of anilines is 1. The van der Waals surface area contributed by atoms with Gasteiger partial charge in [0.2, 0.25) is 0 Å². The number of ether oxygens (including phenoxy) is 1. The molecule has 7 nitrogen and oxygen atoms in total. The molecule has 1 aliphatic rings. The van der Waals surface area contributed by atoms with Crippen molar-refractivity contribution in [3.05, 3.63) is 81.6 Å². The topological polar surface area (TPSA) is 96.8 Å². The molecule has 34 heavy (non-hydrogen) atoms. The fourth-order valence-corrected chi connectivity index (χ4v) is 4.85. The van der Waals surface area contributed by atoms with E-state index in [4.69, 9.17) is 4.74 Å². The van der Waals surface area contributed by atoms with Gasteiger partial charge in [-0.05, 0) is 55.8 Å². The van der Waals surface area contributed by atoms with Crippen molar-refractivity contribution >= 4 is 39.7 Å². The van der Waals surface area contributed by atoms with E-state index >= 15 is 0 Å². The van der Waals surface area contributed by atoms with Crippen LogP contribution in [0.1, 0.15) is 46.4 Å². The van der Waals surface area contributed by atoms with Crippen molar-refractivity contribution in [3.8, 4) is 5.75 Å². The van der Waals surface area contributed by atoms with E-state index in [-0.39, 0.29) is 22.1 Å². The van der Waals surface area contributed by atoms with Gasteiger partial charge in [-0.25, -0.2) is 9.37 Å². The Kier molecular flexibility index (Phi) is 6.30.